The SMILES string of the molecule is CC(=O)OCCOc1cccc(C(N)=O)c1. The van der Waals surface area contributed by atoms with E-state index in [0.717, 1.165) is 0 Å². The van der Waals surface area contributed by atoms with Gasteiger partial charge in [-0.2, -0.15) is 0 Å². The molecule has 0 bridgehead atoms. The van der Waals surface area contributed by atoms with E-state index in [4.69, 9.17) is 10.5 Å². The van der Waals surface area contributed by atoms with Gasteiger partial charge in [0.2, 0.25) is 5.91 Å². The highest BCUT2D eigenvalue weighted by Crippen LogP contribution is 2.12. The van der Waals surface area contributed by atoms with E-state index in [-0.39, 0.29) is 19.2 Å². The number of hydrogen-bond donors (Lipinski definition) is 1. The second-order valence-corrected chi connectivity index (χ2v) is 3.08. The summed E-state index contributed by atoms with van der Waals surface area (Å²) < 4.78 is 9.95. The Balaban J connectivity index is 2.45. The Labute approximate surface area is 93.1 Å². The molecule has 0 heterocycles. The number of hydrogen-bond acceptors (Lipinski definition) is 4. The van der Waals surface area contributed by atoms with Gasteiger partial charge in [0, 0.05) is 12.5 Å². The van der Waals surface area contributed by atoms with E-state index in [9.17, 15) is 9.59 Å². The van der Waals surface area contributed by atoms with Gasteiger partial charge in [-0.1, -0.05) is 6.07 Å². The number of amides is 1. The fourth-order valence-electron chi connectivity index (χ4n) is 1.08. The van der Waals surface area contributed by atoms with Gasteiger partial charge in [0.25, 0.3) is 0 Å². The molecule has 0 aliphatic carbocycles. The highest BCUT2D eigenvalue weighted by atomic mass is 16.6. The van der Waals surface area contributed by atoms with Crippen LogP contribution in [0, 0.1) is 0 Å². The van der Waals surface area contributed by atoms with Gasteiger partial charge in [-0.05, 0) is 18.2 Å². The van der Waals surface area contributed by atoms with Crippen LogP contribution in [-0.2, 0) is 9.53 Å². The van der Waals surface area contributed by atoms with Crippen LogP contribution < -0.4 is 10.5 Å². The van der Waals surface area contributed by atoms with Crippen molar-refractivity contribution >= 4 is 11.9 Å². The zero-order valence-electron chi connectivity index (χ0n) is 8.93. The number of carbonyl (C=O) groups is 2. The van der Waals surface area contributed by atoms with Crippen molar-refractivity contribution in [3.8, 4) is 5.75 Å². The summed E-state index contributed by atoms with van der Waals surface area (Å²) in [6.45, 7) is 1.74. The van der Waals surface area contributed by atoms with Crippen molar-refractivity contribution in [3.05, 3.63) is 29.8 Å². The third kappa shape index (κ3) is 4.00. The smallest absolute Gasteiger partial charge is 0.302 e. The average Bonchev–Trinajstić information content (AvgIpc) is 2.24. The molecule has 0 saturated heterocycles. The van der Waals surface area contributed by atoms with Crippen molar-refractivity contribution in [2.24, 2.45) is 5.73 Å². The molecule has 0 aliphatic rings. The van der Waals surface area contributed by atoms with E-state index >= 15 is 0 Å². The molecule has 0 atom stereocenters. The molecule has 16 heavy (non-hydrogen) atoms. The molecule has 1 amide bonds. The second kappa shape index (κ2) is 5.75. The number of nitrogens with two attached hydrogens (primary N) is 1. The van der Waals surface area contributed by atoms with Crippen LogP contribution in [0.15, 0.2) is 24.3 Å². The minimum atomic E-state index is -0.509. The van der Waals surface area contributed by atoms with E-state index in [1.165, 1.54) is 13.0 Å². The Kier molecular flexibility index (Phi) is 4.32. The minimum Gasteiger partial charge on any atom is -0.490 e. The Hall–Kier alpha value is -2.04. The second-order valence-electron chi connectivity index (χ2n) is 3.08. The molecule has 0 aromatic heterocycles. The maximum atomic E-state index is 10.9. The molecule has 0 saturated carbocycles. The third-order valence-corrected chi connectivity index (χ3v) is 1.78. The van der Waals surface area contributed by atoms with Gasteiger partial charge in [0.1, 0.15) is 19.0 Å². The van der Waals surface area contributed by atoms with Gasteiger partial charge < -0.3 is 15.2 Å². The molecule has 5 heteroatoms. The molecule has 2 N–H and O–H groups in total. The van der Waals surface area contributed by atoms with Crippen molar-refractivity contribution in [1.82, 2.24) is 0 Å². The summed E-state index contributed by atoms with van der Waals surface area (Å²) in [4.78, 5) is 21.3. The molecule has 1 aromatic rings. The van der Waals surface area contributed by atoms with Crippen molar-refractivity contribution < 1.29 is 19.1 Å². The summed E-state index contributed by atoms with van der Waals surface area (Å²) >= 11 is 0. The predicted octanol–water partition coefficient (Wildman–Crippen LogP) is 0.727. The zero-order chi connectivity index (χ0) is 12.0. The van der Waals surface area contributed by atoms with Crippen LogP contribution in [0.4, 0.5) is 0 Å². The summed E-state index contributed by atoms with van der Waals surface area (Å²) in [5, 5.41) is 0. The molecular weight excluding hydrogens is 210 g/mol. The lowest BCUT2D eigenvalue weighted by atomic mass is 10.2. The first-order chi connectivity index (χ1) is 7.59. The van der Waals surface area contributed by atoms with E-state index in [1.54, 1.807) is 18.2 Å². The van der Waals surface area contributed by atoms with E-state index in [2.05, 4.69) is 4.74 Å². The number of carbonyl (C=O) groups excluding carboxylic acids is 2. The largest absolute Gasteiger partial charge is 0.490 e. The van der Waals surface area contributed by atoms with Crippen LogP contribution in [0.2, 0.25) is 0 Å². The van der Waals surface area contributed by atoms with E-state index in [0.29, 0.717) is 11.3 Å². The third-order valence-electron chi connectivity index (χ3n) is 1.78. The highest BCUT2D eigenvalue weighted by molar-refractivity contribution is 5.93. The van der Waals surface area contributed by atoms with E-state index < -0.39 is 5.91 Å². The Morgan fingerprint density at radius 2 is 2.06 bits per heavy atom. The molecule has 0 fully saturated rings. The van der Waals surface area contributed by atoms with Crippen LogP contribution in [0.25, 0.3) is 0 Å². The van der Waals surface area contributed by atoms with Gasteiger partial charge in [0.05, 0.1) is 0 Å². The number of benzene rings is 1. The lowest BCUT2D eigenvalue weighted by Crippen LogP contribution is -2.12. The van der Waals surface area contributed by atoms with Crippen LogP contribution in [0.1, 0.15) is 17.3 Å². The van der Waals surface area contributed by atoms with Gasteiger partial charge in [-0.15, -0.1) is 0 Å². The fraction of sp³-hybridized carbons (Fsp3) is 0.273. The highest BCUT2D eigenvalue weighted by Gasteiger charge is 2.01. The molecule has 0 spiro atoms. The average molecular weight is 223 g/mol. The summed E-state index contributed by atoms with van der Waals surface area (Å²) in [5.74, 6) is -0.344. The van der Waals surface area contributed by atoms with Crippen LogP contribution in [-0.4, -0.2) is 25.1 Å². The maximum absolute atomic E-state index is 10.9. The summed E-state index contributed by atoms with van der Waals surface area (Å²) in [5.41, 5.74) is 5.49. The topological polar surface area (TPSA) is 78.6 Å². The maximum Gasteiger partial charge on any atom is 0.302 e. The van der Waals surface area contributed by atoms with Crippen molar-refractivity contribution in [2.45, 2.75) is 6.92 Å². The summed E-state index contributed by atoms with van der Waals surface area (Å²) in [6, 6.07) is 6.50. The molecule has 5 nitrogen and oxygen atoms in total. The Bertz CT molecular complexity index is 389. The van der Waals surface area contributed by atoms with E-state index in [1.807, 2.05) is 0 Å². The van der Waals surface area contributed by atoms with Gasteiger partial charge >= 0.3 is 5.97 Å². The molecule has 0 aliphatic heterocycles. The Morgan fingerprint density at radius 3 is 2.69 bits per heavy atom. The first-order valence-corrected chi connectivity index (χ1v) is 4.75. The van der Waals surface area contributed by atoms with Crippen molar-refractivity contribution in [3.63, 3.8) is 0 Å². The number of rotatable bonds is 5. The first-order valence-electron chi connectivity index (χ1n) is 4.75. The molecule has 1 rings (SSSR count). The molecular formula is C11H13NO4. The van der Waals surface area contributed by atoms with Crippen LogP contribution >= 0.6 is 0 Å². The quantitative estimate of drug-likeness (QED) is 0.589. The number of esters is 1. The van der Waals surface area contributed by atoms with Gasteiger partial charge in [-0.25, -0.2) is 0 Å². The summed E-state index contributed by atoms with van der Waals surface area (Å²) in [7, 11) is 0. The normalized spacial score (nSPS) is 9.56. The number of primary amides is 1. The van der Waals surface area contributed by atoms with Gasteiger partial charge in [-0.3, -0.25) is 9.59 Å². The Morgan fingerprint density at radius 1 is 1.31 bits per heavy atom. The predicted molar refractivity (Wildman–Crippen MR) is 57.1 cm³/mol. The fourth-order valence-corrected chi connectivity index (χ4v) is 1.08. The van der Waals surface area contributed by atoms with Crippen molar-refractivity contribution in [1.29, 1.82) is 0 Å². The van der Waals surface area contributed by atoms with Crippen molar-refractivity contribution in [2.75, 3.05) is 13.2 Å². The molecule has 1 aromatic carbocycles. The molecule has 86 valence electrons. The standard InChI is InChI=1S/C11H13NO4/c1-8(13)15-5-6-16-10-4-2-3-9(7-10)11(12)14/h2-4,7H,5-6H2,1H3,(H2,12,14). The first kappa shape index (κ1) is 12.0. The molecule has 0 radical (unpaired) electrons. The lowest BCUT2D eigenvalue weighted by Gasteiger charge is -2.06. The number of ether oxygens (including phenoxy) is 2. The van der Waals surface area contributed by atoms with Crippen LogP contribution in [0.3, 0.4) is 0 Å². The monoisotopic (exact) mass is 223 g/mol. The summed E-state index contributed by atoms with van der Waals surface area (Å²) in [6.07, 6.45) is 0. The van der Waals surface area contributed by atoms with Gasteiger partial charge in [0.15, 0.2) is 0 Å². The lowest BCUT2D eigenvalue weighted by molar-refractivity contribution is -0.141. The minimum absolute atomic E-state index is 0.177. The van der Waals surface area contributed by atoms with Crippen LogP contribution in [0.5, 0.6) is 5.75 Å². The zero-order valence-corrected chi connectivity index (χ0v) is 8.93. The molecule has 0 unspecified atom stereocenters.